The minimum atomic E-state index is -1.08. The van der Waals surface area contributed by atoms with Crippen LogP contribution >= 0.6 is 11.6 Å². The van der Waals surface area contributed by atoms with E-state index in [9.17, 15) is 9.90 Å². The number of nitrogens with two attached hydrogens (primary N) is 1. The largest absolute Gasteiger partial charge is 0.493 e. The molecule has 0 aliphatic rings. The van der Waals surface area contributed by atoms with Crippen LogP contribution < -0.4 is 10.5 Å². The number of hydrogen-bond acceptors (Lipinski definition) is 5. The van der Waals surface area contributed by atoms with E-state index in [1.165, 1.54) is 12.1 Å². The SMILES string of the molecule is CCOc1cc(C)c(-c2cc(Cl)nc(N)n2)cc1C(=O)O. The zero-order chi connectivity index (χ0) is 15.6. The molecule has 0 radical (unpaired) electrons. The first-order chi connectivity index (χ1) is 9.92. The number of nitrogens with zero attached hydrogens (tertiary/aromatic N) is 2. The van der Waals surface area contributed by atoms with Crippen LogP contribution in [0, 0.1) is 6.92 Å². The van der Waals surface area contributed by atoms with Crippen LogP contribution in [-0.4, -0.2) is 27.7 Å². The lowest BCUT2D eigenvalue weighted by Gasteiger charge is -2.12. The van der Waals surface area contributed by atoms with Gasteiger partial charge in [0.15, 0.2) is 0 Å². The molecule has 0 aliphatic heterocycles. The van der Waals surface area contributed by atoms with Gasteiger partial charge in [-0.3, -0.25) is 0 Å². The van der Waals surface area contributed by atoms with Crippen molar-refractivity contribution in [1.82, 2.24) is 9.97 Å². The average molecular weight is 308 g/mol. The highest BCUT2D eigenvalue weighted by Crippen LogP contribution is 2.31. The van der Waals surface area contributed by atoms with Gasteiger partial charge >= 0.3 is 5.97 Å². The summed E-state index contributed by atoms with van der Waals surface area (Å²) >= 11 is 5.86. The number of benzene rings is 1. The molecule has 1 heterocycles. The average Bonchev–Trinajstić information content (AvgIpc) is 2.37. The number of halogens is 1. The third-order valence-corrected chi connectivity index (χ3v) is 3.04. The van der Waals surface area contributed by atoms with Crippen LogP contribution in [0.5, 0.6) is 5.75 Å². The number of aryl methyl sites for hydroxylation is 1. The van der Waals surface area contributed by atoms with Crippen molar-refractivity contribution in [2.75, 3.05) is 12.3 Å². The van der Waals surface area contributed by atoms with Gasteiger partial charge in [0, 0.05) is 11.6 Å². The summed E-state index contributed by atoms with van der Waals surface area (Å²) in [6, 6.07) is 4.70. The lowest BCUT2D eigenvalue weighted by Crippen LogP contribution is -2.05. The van der Waals surface area contributed by atoms with Gasteiger partial charge in [-0.05, 0) is 31.5 Å². The van der Waals surface area contributed by atoms with E-state index >= 15 is 0 Å². The summed E-state index contributed by atoms with van der Waals surface area (Å²) in [4.78, 5) is 19.2. The summed E-state index contributed by atoms with van der Waals surface area (Å²) in [5.41, 5.74) is 7.52. The van der Waals surface area contributed by atoms with E-state index in [-0.39, 0.29) is 16.7 Å². The highest BCUT2D eigenvalue weighted by molar-refractivity contribution is 6.29. The number of ether oxygens (including phenoxy) is 1. The Hall–Kier alpha value is -2.34. The third-order valence-electron chi connectivity index (χ3n) is 2.84. The molecule has 1 aromatic heterocycles. The zero-order valence-corrected chi connectivity index (χ0v) is 12.3. The van der Waals surface area contributed by atoms with Crippen LogP contribution in [0.2, 0.25) is 5.15 Å². The molecule has 3 N–H and O–H groups in total. The number of aromatic nitrogens is 2. The van der Waals surface area contributed by atoms with Gasteiger partial charge in [-0.25, -0.2) is 14.8 Å². The molecule has 0 aliphatic carbocycles. The summed E-state index contributed by atoms with van der Waals surface area (Å²) in [5.74, 6) is -0.727. The van der Waals surface area contributed by atoms with E-state index in [1.54, 1.807) is 13.0 Å². The van der Waals surface area contributed by atoms with Crippen molar-refractivity contribution in [2.24, 2.45) is 0 Å². The number of anilines is 1. The predicted molar refractivity (Wildman–Crippen MR) is 79.8 cm³/mol. The van der Waals surface area contributed by atoms with Crippen molar-refractivity contribution in [2.45, 2.75) is 13.8 Å². The van der Waals surface area contributed by atoms with Crippen LogP contribution in [0.3, 0.4) is 0 Å². The summed E-state index contributed by atoms with van der Waals surface area (Å²) < 4.78 is 5.35. The molecule has 6 nitrogen and oxygen atoms in total. The van der Waals surface area contributed by atoms with E-state index in [0.29, 0.717) is 23.6 Å². The Morgan fingerprint density at radius 2 is 2.10 bits per heavy atom. The molecule has 0 unspecified atom stereocenters. The van der Waals surface area contributed by atoms with Gasteiger partial charge in [-0.15, -0.1) is 0 Å². The highest BCUT2D eigenvalue weighted by Gasteiger charge is 2.16. The Labute approximate surface area is 126 Å². The van der Waals surface area contributed by atoms with Crippen molar-refractivity contribution in [3.05, 3.63) is 34.5 Å². The zero-order valence-electron chi connectivity index (χ0n) is 11.6. The Kier molecular flexibility index (Phi) is 4.28. The van der Waals surface area contributed by atoms with Gasteiger partial charge in [0.25, 0.3) is 0 Å². The van der Waals surface area contributed by atoms with Gasteiger partial charge in [-0.2, -0.15) is 0 Å². The standard InChI is InChI=1S/C14H14ClN3O3/c1-3-21-11-4-7(2)8(5-9(11)13(19)20)10-6-12(15)18-14(16)17-10/h4-6H,3H2,1-2H3,(H,19,20)(H2,16,17,18). The maximum atomic E-state index is 11.4. The molecule has 0 bridgehead atoms. The number of hydrogen-bond donors (Lipinski definition) is 2. The molecule has 2 rings (SSSR count). The molecule has 0 fully saturated rings. The fourth-order valence-corrected chi connectivity index (χ4v) is 2.16. The highest BCUT2D eigenvalue weighted by atomic mass is 35.5. The summed E-state index contributed by atoms with van der Waals surface area (Å²) in [5, 5.41) is 9.50. The Morgan fingerprint density at radius 3 is 2.67 bits per heavy atom. The van der Waals surface area contributed by atoms with Crippen molar-refractivity contribution < 1.29 is 14.6 Å². The second-order valence-corrected chi connectivity index (χ2v) is 4.72. The number of nitrogen functional groups attached to an aromatic ring is 1. The van der Waals surface area contributed by atoms with E-state index < -0.39 is 5.97 Å². The summed E-state index contributed by atoms with van der Waals surface area (Å²) in [6.45, 7) is 4.00. The number of carboxylic acid groups (broad SMARTS) is 1. The topological polar surface area (TPSA) is 98.3 Å². The quantitative estimate of drug-likeness (QED) is 0.843. The molecule has 0 spiro atoms. The molecule has 0 saturated heterocycles. The smallest absolute Gasteiger partial charge is 0.339 e. The number of aromatic carboxylic acids is 1. The van der Waals surface area contributed by atoms with Crippen molar-refractivity contribution >= 4 is 23.5 Å². The fourth-order valence-electron chi connectivity index (χ4n) is 1.97. The minimum Gasteiger partial charge on any atom is -0.493 e. The first kappa shape index (κ1) is 15.1. The van der Waals surface area contributed by atoms with E-state index in [2.05, 4.69) is 9.97 Å². The van der Waals surface area contributed by atoms with Crippen molar-refractivity contribution in [1.29, 1.82) is 0 Å². The van der Waals surface area contributed by atoms with Crippen molar-refractivity contribution in [3.8, 4) is 17.0 Å². The Morgan fingerprint density at radius 1 is 1.38 bits per heavy atom. The maximum Gasteiger partial charge on any atom is 0.339 e. The first-order valence-electron chi connectivity index (χ1n) is 6.23. The monoisotopic (exact) mass is 307 g/mol. The minimum absolute atomic E-state index is 0.0302. The van der Waals surface area contributed by atoms with Crippen LogP contribution in [0.1, 0.15) is 22.8 Å². The molecular weight excluding hydrogens is 294 g/mol. The molecule has 1 aromatic carbocycles. The van der Waals surface area contributed by atoms with Crippen LogP contribution in [0.25, 0.3) is 11.3 Å². The van der Waals surface area contributed by atoms with Gasteiger partial charge in [-0.1, -0.05) is 11.6 Å². The molecule has 0 atom stereocenters. The van der Waals surface area contributed by atoms with Gasteiger partial charge in [0.05, 0.1) is 12.3 Å². The molecular formula is C14H14ClN3O3. The van der Waals surface area contributed by atoms with Gasteiger partial charge in [0.1, 0.15) is 16.5 Å². The van der Waals surface area contributed by atoms with E-state index in [1.807, 2.05) is 6.92 Å². The number of carbonyl (C=O) groups is 1. The molecule has 0 saturated carbocycles. The maximum absolute atomic E-state index is 11.4. The fraction of sp³-hybridized carbons (Fsp3) is 0.214. The molecule has 0 amide bonds. The number of rotatable bonds is 4. The first-order valence-corrected chi connectivity index (χ1v) is 6.61. The molecule has 7 heteroatoms. The number of carboxylic acids is 1. The van der Waals surface area contributed by atoms with Crippen LogP contribution in [0.4, 0.5) is 5.95 Å². The Balaban J connectivity index is 2.63. The normalized spacial score (nSPS) is 10.4. The predicted octanol–water partition coefficient (Wildman–Crippen LogP) is 2.78. The summed E-state index contributed by atoms with van der Waals surface area (Å²) in [7, 11) is 0. The van der Waals surface area contributed by atoms with Crippen LogP contribution in [-0.2, 0) is 0 Å². The van der Waals surface area contributed by atoms with Crippen molar-refractivity contribution in [3.63, 3.8) is 0 Å². The second kappa shape index (κ2) is 5.97. The van der Waals surface area contributed by atoms with E-state index in [4.69, 9.17) is 22.1 Å². The molecule has 21 heavy (non-hydrogen) atoms. The summed E-state index contributed by atoms with van der Waals surface area (Å²) in [6.07, 6.45) is 0. The molecule has 2 aromatic rings. The lowest BCUT2D eigenvalue weighted by molar-refractivity contribution is 0.0692. The van der Waals surface area contributed by atoms with Crippen LogP contribution in [0.15, 0.2) is 18.2 Å². The molecule has 110 valence electrons. The van der Waals surface area contributed by atoms with E-state index in [0.717, 1.165) is 5.56 Å². The second-order valence-electron chi connectivity index (χ2n) is 4.34. The van der Waals surface area contributed by atoms with Gasteiger partial charge in [0.2, 0.25) is 5.95 Å². The Bertz CT molecular complexity index is 684. The lowest BCUT2D eigenvalue weighted by atomic mass is 10.0. The van der Waals surface area contributed by atoms with Gasteiger partial charge < -0.3 is 15.6 Å². The third kappa shape index (κ3) is 3.22.